The number of methoxy groups -OCH3 is 1. The normalized spacial score (nSPS) is 10.7. The van der Waals surface area contributed by atoms with Gasteiger partial charge in [0.05, 0.1) is 24.3 Å². The molecule has 0 bridgehead atoms. The lowest BCUT2D eigenvalue weighted by Gasteiger charge is -2.22. The van der Waals surface area contributed by atoms with Crippen molar-refractivity contribution in [2.45, 2.75) is 39.2 Å². The van der Waals surface area contributed by atoms with Gasteiger partial charge in [-0.05, 0) is 38.5 Å². The molecule has 2 N–H and O–H groups in total. The van der Waals surface area contributed by atoms with Gasteiger partial charge in [-0.3, -0.25) is 4.79 Å². The number of benzene rings is 1. The van der Waals surface area contributed by atoms with Crippen LogP contribution in [-0.2, 0) is 9.53 Å². The van der Waals surface area contributed by atoms with Gasteiger partial charge >= 0.3 is 0 Å². The number of hydrogen-bond acceptors (Lipinski definition) is 3. The Morgan fingerprint density at radius 3 is 2.76 bits per heavy atom. The van der Waals surface area contributed by atoms with Crippen molar-refractivity contribution in [3.8, 4) is 11.8 Å². The van der Waals surface area contributed by atoms with Crippen LogP contribution in [-0.4, -0.2) is 30.3 Å². The summed E-state index contributed by atoms with van der Waals surface area (Å²) >= 11 is 0. The third-order valence-corrected chi connectivity index (χ3v) is 3.05. The van der Waals surface area contributed by atoms with Crippen molar-refractivity contribution in [2.24, 2.45) is 0 Å². The predicted molar refractivity (Wildman–Crippen MR) is 84.1 cm³/mol. The second-order valence-electron chi connectivity index (χ2n) is 5.51. The van der Waals surface area contributed by atoms with Crippen LogP contribution >= 0.6 is 0 Å². The van der Waals surface area contributed by atoms with Crippen LogP contribution in [0.4, 0.5) is 5.69 Å². The maximum Gasteiger partial charge on any atom is 0.227 e. The molecule has 21 heavy (non-hydrogen) atoms. The molecule has 4 heteroatoms. The lowest BCUT2D eigenvalue weighted by molar-refractivity contribution is -0.121. The zero-order valence-electron chi connectivity index (χ0n) is 13.1. The Labute approximate surface area is 126 Å². The van der Waals surface area contributed by atoms with E-state index < -0.39 is 5.60 Å². The van der Waals surface area contributed by atoms with Gasteiger partial charge in [0, 0.05) is 19.1 Å². The molecule has 0 atom stereocenters. The molecule has 0 saturated carbocycles. The number of carbonyl (C=O) groups excluding carboxylic acids is 1. The molecule has 0 aliphatic carbocycles. The van der Waals surface area contributed by atoms with Gasteiger partial charge in [-0.15, -0.1) is 0 Å². The second kappa shape index (κ2) is 7.82. The average Bonchev–Trinajstić information content (AvgIpc) is 2.41. The highest BCUT2D eigenvalue weighted by Crippen LogP contribution is 2.19. The standard InChI is InChI=1S/C17H23NO3/c1-13-8-9-15(14(11-13)7-5-6-10-19)18-16(20)12-17(2,3)21-4/h8-9,11,19H,6,10,12H2,1-4H3,(H,18,20). The van der Waals surface area contributed by atoms with Crippen LogP contribution in [0.1, 0.15) is 37.8 Å². The minimum absolute atomic E-state index is 0.0303. The molecular formula is C17H23NO3. The van der Waals surface area contributed by atoms with Crippen molar-refractivity contribution in [1.82, 2.24) is 0 Å². The smallest absolute Gasteiger partial charge is 0.227 e. The topological polar surface area (TPSA) is 58.6 Å². The number of aliphatic hydroxyl groups excluding tert-OH is 1. The molecule has 0 aliphatic rings. The number of nitrogens with one attached hydrogen (secondary N) is 1. The lowest BCUT2D eigenvalue weighted by atomic mass is 10.0. The van der Waals surface area contributed by atoms with E-state index in [2.05, 4.69) is 17.2 Å². The van der Waals surface area contributed by atoms with Crippen molar-refractivity contribution in [3.63, 3.8) is 0 Å². The Kier molecular flexibility index (Phi) is 6.41. The number of aryl methyl sites for hydroxylation is 1. The van der Waals surface area contributed by atoms with E-state index in [0.29, 0.717) is 12.1 Å². The Balaban J connectivity index is 2.88. The van der Waals surface area contributed by atoms with Gasteiger partial charge in [0.2, 0.25) is 5.91 Å². The third-order valence-electron chi connectivity index (χ3n) is 3.05. The number of aliphatic hydroxyl groups is 1. The lowest BCUT2D eigenvalue weighted by Crippen LogP contribution is -2.29. The first-order valence-corrected chi connectivity index (χ1v) is 6.93. The zero-order chi connectivity index (χ0) is 15.9. The van der Waals surface area contributed by atoms with Crippen molar-refractivity contribution < 1.29 is 14.6 Å². The fourth-order valence-corrected chi connectivity index (χ4v) is 1.74. The summed E-state index contributed by atoms with van der Waals surface area (Å²) in [5, 5.41) is 11.7. The largest absolute Gasteiger partial charge is 0.395 e. The molecule has 1 aromatic carbocycles. The Bertz CT molecular complexity index is 553. The van der Waals surface area contributed by atoms with E-state index in [0.717, 1.165) is 11.1 Å². The quantitative estimate of drug-likeness (QED) is 0.819. The number of rotatable bonds is 5. The van der Waals surface area contributed by atoms with E-state index >= 15 is 0 Å². The zero-order valence-corrected chi connectivity index (χ0v) is 13.1. The monoisotopic (exact) mass is 289 g/mol. The summed E-state index contributed by atoms with van der Waals surface area (Å²) in [4.78, 5) is 12.1. The number of amides is 1. The maximum absolute atomic E-state index is 12.1. The van der Waals surface area contributed by atoms with E-state index in [1.54, 1.807) is 7.11 Å². The molecule has 0 heterocycles. The first-order chi connectivity index (χ1) is 9.88. The fourth-order valence-electron chi connectivity index (χ4n) is 1.74. The Morgan fingerprint density at radius 1 is 1.43 bits per heavy atom. The van der Waals surface area contributed by atoms with E-state index in [4.69, 9.17) is 9.84 Å². The van der Waals surface area contributed by atoms with Gasteiger partial charge in [0.15, 0.2) is 0 Å². The fraction of sp³-hybridized carbons (Fsp3) is 0.471. The van der Waals surface area contributed by atoms with Gasteiger partial charge in [-0.25, -0.2) is 0 Å². The molecule has 1 rings (SSSR count). The van der Waals surface area contributed by atoms with Crippen molar-refractivity contribution in [2.75, 3.05) is 19.0 Å². The van der Waals surface area contributed by atoms with Crippen LogP contribution < -0.4 is 5.32 Å². The first kappa shape index (κ1) is 17.2. The Morgan fingerprint density at radius 2 is 2.14 bits per heavy atom. The van der Waals surface area contributed by atoms with Gasteiger partial charge in [0.25, 0.3) is 0 Å². The van der Waals surface area contributed by atoms with Crippen LogP contribution in [0.25, 0.3) is 0 Å². The first-order valence-electron chi connectivity index (χ1n) is 6.93. The SMILES string of the molecule is COC(C)(C)CC(=O)Nc1ccc(C)cc1C#CCCO. The third kappa shape index (κ3) is 5.99. The number of carbonyl (C=O) groups is 1. The van der Waals surface area contributed by atoms with Crippen LogP contribution in [0.3, 0.4) is 0 Å². The molecular weight excluding hydrogens is 266 g/mol. The van der Waals surface area contributed by atoms with E-state index in [1.165, 1.54) is 0 Å². The number of anilines is 1. The molecule has 0 radical (unpaired) electrons. The molecule has 4 nitrogen and oxygen atoms in total. The van der Waals surface area contributed by atoms with E-state index in [9.17, 15) is 4.79 Å². The number of hydrogen-bond donors (Lipinski definition) is 2. The predicted octanol–water partition coefficient (Wildman–Crippen LogP) is 2.48. The molecule has 0 saturated heterocycles. The molecule has 1 amide bonds. The maximum atomic E-state index is 12.1. The van der Waals surface area contributed by atoms with Crippen LogP contribution in [0.2, 0.25) is 0 Å². The Hall–Kier alpha value is -1.83. The molecule has 1 aromatic rings. The van der Waals surface area contributed by atoms with Gasteiger partial charge < -0.3 is 15.2 Å². The summed E-state index contributed by atoms with van der Waals surface area (Å²) in [7, 11) is 1.59. The summed E-state index contributed by atoms with van der Waals surface area (Å²) in [6.07, 6.45) is 0.679. The minimum atomic E-state index is -0.502. The molecule has 0 spiro atoms. The summed E-state index contributed by atoms with van der Waals surface area (Å²) < 4.78 is 5.26. The van der Waals surface area contributed by atoms with Crippen molar-refractivity contribution >= 4 is 11.6 Å². The van der Waals surface area contributed by atoms with E-state index in [-0.39, 0.29) is 18.9 Å². The molecule has 0 aliphatic heterocycles. The van der Waals surface area contributed by atoms with E-state index in [1.807, 2.05) is 39.0 Å². The van der Waals surface area contributed by atoms with Crippen molar-refractivity contribution in [1.29, 1.82) is 0 Å². The highest BCUT2D eigenvalue weighted by atomic mass is 16.5. The molecule has 0 fully saturated rings. The van der Waals surface area contributed by atoms with Gasteiger partial charge in [0.1, 0.15) is 0 Å². The van der Waals surface area contributed by atoms with Crippen LogP contribution in [0.15, 0.2) is 18.2 Å². The van der Waals surface area contributed by atoms with Gasteiger partial charge in [-0.1, -0.05) is 17.9 Å². The van der Waals surface area contributed by atoms with Crippen molar-refractivity contribution in [3.05, 3.63) is 29.3 Å². The minimum Gasteiger partial charge on any atom is -0.395 e. The van der Waals surface area contributed by atoms with Crippen LogP contribution in [0.5, 0.6) is 0 Å². The van der Waals surface area contributed by atoms with Gasteiger partial charge in [-0.2, -0.15) is 0 Å². The average molecular weight is 289 g/mol. The second-order valence-corrected chi connectivity index (χ2v) is 5.51. The number of ether oxygens (including phenoxy) is 1. The summed E-state index contributed by atoms with van der Waals surface area (Å²) in [6, 6.07) is 5.69. The molecule has 114 valence electrons. The summed E-state index contributed by atoms with van der Waals surface area (Å²) in [6.45, 7) is 5.73. The molecule has 0 aromatic heterocycles. The highest BCUT2D eigenvalue weighted by molar-refractivity contribution is 5.92. The van der Waals surface area contributed by atoms with Crippen LogP contribution in [0, 0.1) is 18.8 Å². The summed E-state index contributed by atoms with van der Waals surface area (Å²) in [5.41, 5.74) is 2.01. The molecule has 0 unspecified atom stereocenters. The highest BCUT2D eigenvalue weighted by Gasteiger charge is 2.21. The summed E-state index contributed by atoms with van der Waals surface area (Å²) in [5.74, 6) is 5.74.